The van der Waals surface area contributed by atoms with Crippen LogP contribution in [0.1, 0.15) is 16.2 Å². The van der Waals surface area contributed by atoms with Crippen LogP contribution in [0.2, 0.25) is 5.02 Å². The van der Waals surface area contributed by atoms with Gasteiger partial charge in [-0.25, -0.2) is 4.68 Å². The van der Waals surface area contributed by atoms with Gasteiger partial charge in [0.05, 0.1) is 23.5 Å². The highest BCUT2D eigenvalue weighted by Gasteiger charge is 2.19. The van der Waals surface area contributed by atoms with Gasteiger partial charge in [0.25, 0.3) is 5.91 Å². The summed E-state index contributed by atoms with van der Waals surface area (Å²) in [7, 11) is 3.37. The molecule has 3 rings (SSSR count). The number of carbonyl (C=O) groups is 1. The van der Waals surface area contributed by atoms with Gasteiger partial charge in [0.15, 0.2) is 6.67 Å². The first-order chi connectivity index (χ1) is 12.3. The summed E-state index contributed by atoms with van der Waals surface area (Å²) in [5.74, 6) is -0.799. The molecule has 0 atom stereocenters. The van der Waals surface area contributed by atoms with Crippen LogP contribution in [0.5, 0.6) is 0 Å². The molecule has 0 radical (unpaired) electrons. The molecule has 0 saturated carbocycles. The number of hydrogen-bond donors (Lipinski definition) is 0. The molecule has 136 valence electrons. The fraction of sp³-hybridized carbons (Fsp3) is 0.308. The highest BCUT2D eigenvalue weighted by Crippen LogP contribution is 2.16. The lowest BCUT2D eigenvalue weighted by molar-refractivity contribution is -0.394. The van der Waals surface area contributed by atoms with Crippen molar-refractivity contribution in [1.82, 2.24) is 39.2 Å². The Labute approximate surface area is 151 Å². The number of amides is 1. The molecular formula is C13H14ClN9O3. The van der Waals surface area contributed by atoms with E-state index in [2.05, 4.69) is 20.3 Å². The third kappa shape index (κ3) is 3.54. The molecule has 0 unspecified atom stereocenters. The molecule has 1 amide bonds. The van der Waals surface area contributed by atoms with Gasteiger partial charge in [-0.1, -0.05) is 16.6 Å². The molecule has 0 fully saturated rings. The van der Waals surface area contributed by atoms with Crippen LogP contribution >= 0.6 is 11.6 Å². The molecule has 3 aromatic rings. The normalized spacial score (nSPS) is 10.9. The second-order valence-electron chi connectivity index (χ2n) is 5.45. The topological polar surface area (TPSA) is 130 Å². The van der Waals surface area contributed by atoms with Crippen LogP contribution in [-0.4, -0.2) is 57.1 Å². The summed E-state index contributed by atoms with van der Waals surface area (Å²) in [6.07, 6.45) is 4.31. The molecule has 13 heteroatoms. The van der Waals surface area contributed by atoms with Crippen LogP contribution in [0.25, 0.3) is 0 Å². The summed E-state index contributed by atoms with van der Waals surface area (Å²) < 4.78 is 4.28. The van der Waals surface area contributed by atoms with Crippen LogP contribution in [0.4, 0.5) is 5.95 Å². The number of nitrogens with zero attached hydrogens (tertiary/aromatic N) is 9. The third-order valence-corrected chi connectivity index (χ3v) is 3.90. The molecule has 0 bridgehead atoms. The van der Waals surface area contributed by atoms with Gasteiger partial charge in [-0.3, -0.25) is 9.48 Å². The zero-order valence-corrected chi connectivity index (χ0v) is 14.6. The first-order valence-electron chi connectivity index (χ1n) is 7.34. The Morgan fingerprint density at radius 2 is 2.15 bits per heavy atom. The average molecular weight is 380 g/mol. The van der Waals surface area contributed by atoms with Crippen LogP contribution in [-0.2, 0) is 20.3 Å². The van der Waals surface area contributed by atoms with Crippen molar-refractivity contribution in [1.29, 1.82) is 0 Å². The third-order valence-electron chi connectivity index (χ3n) is 3.58. The number of halogens is 1. The fourth-order valence-corrected chi connectivity index (χ4v) is 2.47. The lowest BCUT2D eigenvalue weighted by Gasteiger charge is -2.16. The summed E-state index contributed by atoms with van der Waals surface area (Å²) >= 11 is 6.05. The SMILES string of the molecule is CN(Cc1c(Cl)cnn1C)C(=O)c1ccn(Cn2cnc([N+](=O)[O-])n2)n1. The summed E-state index contributed by atoms with van der Waals surface area (Å²) in [6.45, 7) is 0.363. The molecular weight excluding hydrogens is 366 g/mol. The van der Waals surface area contributed by atoms with Crippen LogP contribution in [0.3, 0.4) is 0 Å². The number of nitro groups is 1. The Kier molecular flexibility index (Phi) is 4.67. The molecule has 0 saturated heterocycles. The highest BCUT2D eigenvalue weighted by atomic mass is 35.5. The van der Waals surface area contributed by atoms with Gasteiger partial charge in [-0.15, -0.1) is 0 Å². The van der Waals surface area contributed by atoms with Gasteiger partial charge in [0.1, 0.15) is 5.69 Å². The Bertz CT molecular complexity index is 940. The van der Waals surface area contributed by atoms with Gasteiger partial charge in [0, 0.05) is 25.4 Å². The fourth-order valence-electron chi connectivity index (χ4n) is 2.25. The van der Waals surface area contributed by atoms with Crippen LogP contribution < -0.4 is 0 Å². The molecule has 26 heavy (non-hydrogen) atoms. The van der Waals surface area contributed by atoms with Crippen molar-refractivity contribution in [3.8, 4) is 0 Å². The zero-order chi connectivity index (χ0) is 18.8. The highest BCUT2D eigenvalue weighted by molar-refractivity contribution is 6.31. The Morgan fingerprint density at radius 1 is 1.38 bits per heavy atom. The standard InChI is InChI=1S/C13H14ClN9O3/c1-19(6-11-9(14)5-16-20(11)2)12(24)10-3-4-21(17-10)8-22-7-15-13(18-22)23(25)26/h3-5,7H,6,8H2,1-2H3. The molecule has 0 aliphatic rings. The molecule has 3 aromatic heterocycles. The second-order valence-corrected chi connectivity index (χ2v) is 5.85. The van der Waals surface area contributed by atoms with E-state index in [4.69, 9.17) is 11.6 Å². The average Bonchev–Trinajstić information content (AvgIpc) is 3.32. The smallest absolute Gasteiger partial charge is 0.390 e. The predicted molar refractivity (Wildman–Crippen MR) is 88.3 cm³/mol. The first kappa shape index (κ1) is 17.5. The van der Waals surface area contributed by atoms with Crippen LogP contribution in [0, 0.1) is 10.1 Å². The van der Waals surface area contributed by atoms with Gasteiger partial charge < -0.3 is 15.0 Å². The van der Waals surface area contributed by atoms with Gasteiger partial charge in [-0.05, 0) is 11.0 Å². The van der Waals surface area contributed by atoms with Crippen molar-refractivity contribution in [3.63, 3.8) is 0 Å². The summed E-state index contributed by atoms with van der Waals surface area (Å²) in [5, 5.41) is 23.0. The van der Waals surface area contributed by atoms with E-state index < -0.39 is 10.9 Å². The lowest BCUT2D eigenvalue weighted by atomic mass is 10.3. The zero-order valence-electron chi connectivity index (χ0n) is 13.9. The molecule has 0 aliphatic heterocycles. The van der Waals surface area contributed by atoms with E-state index in [1.165, 1.54) is 26.8 Å². The number of carbonyl (C=O) groups excluding carboxylic acids is 1. The molecule has 0 spiro atoms. The summed E-state index contributed by atoms with van der Waals surface area (Å²) in [4.78, 5) is 27.4. The maximum atomic E-state index is 12.5. The van der Waals surface area contributed by atoms with Crippen molar-refractivity contribution < 1.29 is 9.72 Å². The largest absolute Gasteiger partial charge is 0.491 e. The maximum Gasteiger partial charge on any atom is 0.491 e. The molecule has 3 heterocycles. The molecule has 0 aromatic carbocycles. The number of rotatable bonds is 6. The molecule has 0 N–H and O–H groups in total. The number of hydrogen-bond acceptors (Lipinski definition) is 7. The Morgan fingerprint density at radius 3 is 2.77 bits per heavy atom. The van der Waals surface area contributed by atoms with Crippen LogP contribution in [0.15, 0.2) is 24.8 Å². The van der Waals surface area contributed by atoms with Gasteiger partial charge >= 0.3 is 5.95 Å². The van der Waals surface area contributed by atoms with Crippen molar-refractivity contribution in [3.05, 3.63) is 51.3 Å². The Balaban J connectivity index is 1.68. The van der Waals surface area contributed by atoms with Gasteiger partial charge in [-0.2, -0.15) is 14.9 Å². The summed E-state index contributed by atoms with van der Waals surface area (Å²) in [5.41, 5.74) is 0.928. The number of aryl methyl sites for hydroxylation is 1. The maximum absolute atomic E-state index is 12.5. The van der Waals surface area contributed by atoms with E-state index in [0.717, 1.165) is 0 Å². The quantitative estimate of drug-likeness (QED) is 0.451. The first-order valence-corrected chi connectivity index (χ1v) is 7.72. The van der Waals surface area contributed by atoms with Gasteiger partial charge in [0.2, 0.25) is 6.33 Å². The lowest BCUT2D eigenvalue weighted by Crippen LogP contribution is -2.28. The van der Waals surface area contributed by atoms with Crippen molar-refractivity contribution in [2.45, 2.75) is 13.2 Å². The monoisotopic (exact) mass is 379 g/mol. The minimum absolute atomic E-state index is 0.0887. The van der Waals surface area contributed by atoms with E-state index >= 15 is 0 Å². The molecule has 12 nitrogen and oxygen atoms in total. The number of aromatic nitrogens is 7. The van der Waals surface area contributed by atoms with Crippen molar-refractivity contribution in [2.24, 2.45) is 7.05 Å². The predicted octanol–water partition coefficient (Wildman–Crippen LogP) is 0.548. The van der Waals surface area contributed by atoms with E-state index in [0.29, 0.717) is 10.7 Å². The van der Waals surface area contributed by atoms with E-state index in [-0.39, 0.29) is 24.8 Å². The van der Waals surface area contributed by atoms with E-state index in [1.54, 1.807) is 31.0 Å². The summed E-state index contributed by atoms with van der Waals surface area (Å²) in [6, 6.07) is 1.55. The second kappa shape index (κ2) is 6.92. The van der Waals surface area contributed by atoms with Crippen molar-refractivity contribution in [2.75, 3.05) is 7.05 Å². The minimum Gasteiger partial charge on any atom is -0.390 e. The van der Waals surface area contributed by atoms with E-state index in [9.17, 15) is 14.9 Å². The minimum atomic E-state index is -0.687. The van der Waals surface area contributed by atoms with Crippen molar-refractivity contribution >= 4 is 23.5 Å². The Hall–Kier alpha value is -3.28. The molecule has 0 aliphatic carbocycles. The van der Waals surface area contributed by atoms with E-state index in [1.807, 2.05) is 0 Å².